The number of para-hydroxylation sites is 1. The van der Waals surface area contributed by atoms with E-state index in [1.165, 1.54) is 0 Å². The molecule has 0 spiro atoms. The van der Waals surface area contributed by atoms with Crippen molar-refractivity contribution in [2.24, 2.45) is 0 Å². The van der Waals surface area contributed by atoms with Gasteiger partial charge in [0.15, 0.2) is 11.5 Å². The third kappa shape index (κ3) is 1.69. The van der Waals surface area contributed by atoms with Crippen molar-refractivity contribution in [2.75, 3.05) is 0 Å². The zero-order valence-electron chi connectivity index (χ0n) is 10.8. The van der Waals surface area contributed by atoms with E-state index in [1.807, 2.05) is 24.3 Å². The van der Waals surface area contributed by atoms with Gasteiger partial charge in [0.05, 0.1) is 5.52 Å². The van der Waals surface area contributed by atoms with Gasteiger partial charge in [0.2, 0.25) is 0 Å². The highest BCUT2D eigenvalue weighted by Gasteiger charge is 2.15. The number of hydrogen-bond donors (Lipinski definition) is 2. The van der Waals surface area contributed by atoms with Crippen molar-refractivity contribution in [2.45, 2.75) is 0 Å². The molecule has 0 aliphatic rings. The van der Waals surface area contributed by atoms with Crippen molar-refractivity contribution in [1.82, 2.24) is 19.5 Å². The summed E-state index contributed by atoms with van der Waals surface area (Å²) >= 11 is 0. The van der Waals surface area contributed by atoms with Crippen LogP contribution in [0.3, 0.4) is 0 Å². The van der Waals surface area contributed by atoms with Gasteiger partial charge in [-0.15, -0.1) is 0 Å². The monoisotopic (exact) mass is 278 g/mol. The van der Waals surface area contributed by atoms with E-state index in [4.69, 9.17) is 0 Å². The van der Waals surface area contributed by atoms with Gasteiger partial charge in [-0.2, -0.15) is 0 Å². The summed E-state index contributed by atoms with van der Waals surface area (Å²) in [6, 6.07) is 9.36. The Labute approximate surface area is 118 Å². The third-order valence-electron chi connectivity index (χ3n) is 3.45. The molecule has 0 atom stereocenters. The number of nitrogens with one attached hydrogen (secondary N) is 1. The van der Waals surface area contributed by atoms with E-state index in [2.05, 4.69) is 15.0 Å². The van der Waals surface area contributed by atoms with Crippen molar-refractivity contribution >= 4 is 27.8 Å². The Morgan fingerprint density at radius 3 is 2.86 bits per heavy atom. The SMILES string of the molecule is O=C(O)c1cc2c([nH]c3ccccc32)c(-n2ccnc2)n1. The minimum absolute atomic E-state index is 0.0101. The number of pyridine rings is 1. The highest BCUT2D eigenvalue weighted by Crippen LogP contribution is 2.29. The molecule has 2 N–H and O–H groups in total. The van der Waals surface area contributed by atoms with Crippen molar-refractivity contribution in [1.29, 1.82) is 0 Å². The number of benzene rings is 1. The average Bonchev–Trinajstić information content (AvgIpc) is 3.13. The maximum absolute atomic E-state index is 11.3. The number of hydrogen-bond acceptors (Lipinski definition) is 3. The van der Waals surface area contributed by atoms with E-state index < -0.39 is 5.97 Å². The van der Waals surface area contributed by atoms with Crippen molar-refractivity contribution in [3.63, 3.8) is 0 Å². The van der Waals surface area contributed by atoms with Crippen LogP contribution in [-0.4, -0.2) is 30.6 Å². The van der Waals surface area contributed by atoms with Gasteiger partial charge in [-0.25, -0.2) is 14.8 Å². The number of carboxylic acids is 1. The lowest BCUT2D eigenvalue weighted by Gasteiger charge is -2.05. The molecule has 0 saturated carbocycles. The lowest BCUT2D eigenvalue weighted by molar-refractivity contribution is 0.0690. The molecule has 0 bridgehead atoms. The average molecular weight is 278 g/mol. The fraction of sp³-hybridized carbons (Fsp3) is 0. The van der Waals surface area contributed by atoms with E-state index in [0.29, 0.717) is 5.82 Å². The predicted octanol–water partition coefficient (Wildman–Crippen LogP) is 2.60. The van der Waals surface area contributed by atoms with E-state index in [-0.39, 0.29) is 5.69 Å². The second-order valence-corrected chi connectivity index (χ2v) is 4.70. The summed E-state index contributed by atoms with van der Waals surface area (Å²) in [6.07, 6.45) is 4.96. The molecule has 6 heteroatoms. The van der Waals surface area contributed by atoms with Crippen LogP contribution in [0.4, 0.5) is 0 Å². The normalized spacial score (nSPS) is 11.2. The first kappa shape index (κ1) is 11.7. The molecule has 0 aliphatic carbocycles. The number of H-pyrrole nitrogens is 1. The van der Waals surface area contributed by atoms with Crippen LogP contribution in [0.15, 0.2) is 49.1 Å². The van der Waals surface area contributed by atoms with Crippen molar-refractivity contribution in [3.8, 4) is 5.82 Å². The van der Waals surface area contributed by atoms with E-state index in [0.717, 1.165) is 21.8 Å². The molecule has 0 fully saturated rings. The first-order chi connectivity index (χ1) is 10.2. The zero-order chi connectivity index (χ0) is 14.4. The van der Waals surface area contributed by atoms with Gasteiger partial charge in [-0.3, -0.25) is 4.57 Å². The van der Waals surface area contributed by atoms with Gasteiger partial charge in [0.25, 0.3) is 0 Å². The number of rotatable bonds is 2. The highest BCUT2D eigenvalue weighted by atomic mass is 16.4. The Kier molecular flexibility index (Phi) is 2.32. The fourth-order valence-electron chi connectivity index (χ4n) is 2.51. The summed E-state index contributed by atoms with van der Waals surface area (Å²) in [7, 11) is 0. The fourth-order valence-corrected chi connectivity index (χ4v) is 2.51. The smallest absolute Gasteiger partial charge is 0.354 e. The molecule has 4 rings (SSSR count). The molecular weight excluding hydrogens is 268 g/mol. The van der Waals surface area contributed by atoms with Crippen LogP contribution in [-0.2, 0) is 0 Å². The Morgan fingerprint density at radius 2 is 2.10 bits per heavy atom. The van der Waals surface area contributed by atoms with Crippen LogP contribution in [0.1, 0.15) is 10.5 Å². The maximum atomic E-state index is 11.3. The van der Waals surface area contributed by atoms with Gasteiger partial charge < -0.3 is 10.1 Å². The molecule has 0 unspecified atom stereocenters. The first-order valence-electron chi connectivity index (χ1n) is 6.37. The van der Waals surface area contributed by atoms with Crippen LogP contribution < -0.4 is 0 Å². The quantitative estimate of drug-likeness (QED) is 0.590. The van der Waals surface area contributed by atoms with Gasteiger partial charge >= 0.3 is 5.97 Å². The molecule has 6 nitrogen and oxygen atoms in total. The molecule has 0 radical (unpaired) electrons. The Morgan fingerprint density at radius 1 is 1.24 bits per heavy atom. The lowest BCUT2D eigenvalue weighted by Crippen LogP contribution is -2.05. The summed E-state index contributed by atoms with van der Waals surface area (Å²) in [5, 5.41) is 11.1. The summed E-state index contributed by atoms with van der Waals surface area (Å²) in [6.45, 7) is 0. The standard InChI is InChI=1S/C15H10N4O2/c20-15(21)12-7-10-9-3-1-2-4-11(9)17-13(10)14(18-12)19-6-5-16-8-19/h1-8,17H,(H,20,21). The molecule has 3 heterocycles. The second-order valence-electron chi connectivity index (χ2n) is 4.70. The van der Waals surface area contributed by atoms with Crippen molar-refractivity contribution in [3.05, 3.63) is 54.7 Å². The molecule has 4 aromatic rings. The third-order valence-corrected chi connectivity index (χ3v) is 3.45. The minimum Gasteiger partial charge on any atom is -0.477 e. The predicted molar refractivity (Wildman–Crippen MR) is 77.7 cm³/mol. The molecule has 102 valence electrons. The van der Waals surface area contributed by atoms with Crippen LogP contribution in [0.25, 0.3) is 27.6 Å². The maximum Gasteiger partial charge on any atom is 0.354 e. The molecule has 3 aromatic heterocycles. The van der Waals surface area contributed by atoms with Gasteiger partial charge in [-0.1, -0.05) is 18.2 Å². The summed E-state index contributed by atoms with van der Waals surface area (Å²) in [4.78, 5) is 22.8. The largest absolute Gasteiger partial charge is 0.477 e. The number of aromatic carboxylic acids is 1. The summed E-state index contributed by atoms with van der Waals surface area (Å²) in [5.41, 5.74) is 1.74. The summed E-state index contributed by atoms with van der Waals surface area (Å²) in [5.74, 6) is -0.526. The number of imidazole rings is 1. The first-order valence-corrected chi connectivity index (χ1v) is 6.37. The zero-order valence-corrected chi connectivity index (χ0v) is 10.8. The lowest BCUT2D eigenvalue weighted by atomic mass is 10.1. The Bertz CT molecular complexity index is 970. The Balaban J connectivity index is 2.18. The van der Waals surface area contributed by atoms with Crippen LogP contribution >= 0.6 is 0 Å². The molecule has 0 saturated heterocycles. The number of aromatic amines is 1. The van der Waals surface area contributed by atoms with Gasteiger partial charge in [-0.05, 0) is 12.1 Å². The molecule has 1 aromatic carbocycles. The van der Waals surface area contributed by atoms with Crippen LogP contribution in [0, 0.1) is 0 Å². The molecule has 0 aliphatic heterocycles. The van der Waals surface area contributed by atoms with Crippen LogP contribution in [0.5, 0.6) is 0 Å². The van der Waals surface area contributed by atoms with Crippen LogP contribution in [0.2, 0.25) is 0 Å². The van der Waals surface area contributed by atoms with E-state index in [9.17, 15) is 9.90 Å². The topological polar surface area (TPSA) is 83.8 Å². The van der Waals surface area contributed by atoms with Gasteiger partial charge in [0.1, 0.15) is 6.33 Å². The number of carboxylic acid groups (broad SMARTS) is 1. The van der Waals surface area contributed by atoms with E-state index >= 15 is 0 Å². The molecular formula is C15H10N4O2. The number of fused-ring (bicyclic) bond motifs is 3. The highest BCUT2D eigenvalue weighted by molar-refractivity contribution is 6.10. The minimum atomic E-state index is -1.05. The number of aromatic nitrogens is 4. The van der Waals surface area contributed by atoms with Gasteiger partial charge in [0, 0.05) is 28.7 Å². The molecule has 0 amide bonds. The number of nitrogens with zero attached hydrogens (tertiary/aromatic N) is 3. The van der Waals surface area contributed by atoms with Crippen molar-refractivity contribution < 1.29 is 9.90 Å². The number of carbonyl (C=O) groups is 1. The Hall–Kier alpha value is -3.15. The second kappa shape index (κ2) is 4.17. The van der Waals surface area contributed by atoms with E-state index in [1.54, 1.807) is 29.4 Å². The summed E-state index contributed by atoms with van der Waals surface area (Å²) < 4.78 is 1.70. The molecule has 21 heavy (non-hydrogen) atoms.